The maximum absolute atomic E-state index is 11.4. The third-order valence-corrected chi connectivity index (χ3v) is 3.72. The van der Waals surface area contributed by atoms with Gasteiger partial charge in [0.15, 0.2) is 0 Å². The standard InChI is InChI=1S/C11H19NO2/c1-7-2-3-8(6-7)10(13)9-4-5-12-11(9)14/h7-10,13H,2-6H2,1H3,(H,12,14)/t7-,8-,9-,10-/m0/s1. The first kappa shape index (κ1) is 9.97. The summed E-state index contributed by atoms with van der Waals surface area (Å²) in [5, 5.41) is 12.9. The van der Waals surface area contributed by atoms with Crippen LogP contribution in [-0.4, -0.2) is 23.7 Å². The second kappa shape index (κ2) is 3.89. The van der Waals surface area contributed by atoms with Gasteiger partial charge in [0.1, 0.15) is 0 Å². The van der Waals surface area contributed by atoms with Gasteiger partial charge in [-0.25, -0.2) is 0 Å². The number of amides is 1. The van der Waals surface area contributed by atoms with Gasteiger partial charge in [-0.3, -0.25) is 4.79 Å². The van der Waals surface area contributed by atoms with E-state index < -0.39 is 6.10 Å². The van der Waals surface area contributed by atoms with Crippen LogP contribution in [0, 0.1) is 17.8 Å². The Balaban J connectivity index is 1.94. The number of nitrogens with one attached hydrogen (secondary N) is 1. The first-order chi connectivity index (χ1) is 6.68. The first-order valence-corrected chi connectivity index (χ1v) is 5.64. The van der Waals surface area contributed by atoms with Crippen LogP contribution in [0.5, 0.6) is 0 Å². The molecular formula is C11H19NO2. The zero-order valence-electron chi connectivity index (χ0n) is 8.70. The summed E-state index contributed by atoms with van der Waals surface area (Å²) in [5.41, 5.74) is 0. The summed E-state index contributed by atoms with van der Waals surface area (Å²) in [6, 6.07) is 0. The Morgan fingerprint density at radius 3 is 2.71 bits per heavy atom. The molecule has 0 unspecified atom stereocenters. The predicted molar refractivity (Wildman–Crippen MR) is 53.6 cm³/mol. The van der Waals surface area contributed by atoms with Gasteiger partial charge in [-0.15, -0.1) is 0 Å². The SMILES string of the molecule is C[C@H]1CC[C@H]([C@H](O)[C@@H]2CCNC2=O)C1. The van der Waals surface area contributed by atoms with E-state index in [0.29, 0.717) is 5.92 Å². The molecule has 1 amide bonds. The Morgan fingerprint density at radius 1 is 1.43 bits per heavy atom. The lowest BCUT2D eigenvalue weighted by atomic mass is 9.88. The number of hydrogen-bond donors (Lipinski definition) is 2. The second-order valence-corrected chi connectivity index (χ2v) is 4.86. The van der Waals surface area contributed by atoms with Crippen molar-refractivity contribution >= 4 is 5.91 Å². The number of hydrogen-bond acceptors (Lipinski definition) is 2. The van der Waals surface area contributed by atoms with E-state index in [4.69, 9.17) is 0 Å². The highest BCUT2D eigenvalue weighted by molar-refractivity contribution is 5.81. The van der Waals surface area contributed by atoms with Crippen LogP contribution in [0.2, 0.25) is 0 Å². The van der Waals surface area contributed by atoms with Crippen LogP contribution < -0.4 is 5.32 Å². The molecule has 80 valence electrons. The van der Waals surface area contributed by atoms with E-state index in [1.165, 1.54) is 6.42 Å². The average Bonchev–Trinajstić information content (AvgIpc) is 2.73. The summed E-state index contributed by atoms with van der Waals surface area (Å²) >= 11 is 0. The van der Waals surface area contributed by atoms with Crippen LogP contribution >= 0.6 is 0 Å². The van der Waals surface area contributed by atoms with Crippen LogP contribution in [0.15, 0.2) is 0 Å². The Bertz CT molecular complexity index is 229. The van der Waals surface area contributed by atoms with Crippen LogP contribution in [0.25, 0.3) is 0 Å². The van der Waals surface area contributed by atoms with E-state index in [0.717, 1.165) is 31.7 Å². The molecule has 1 aliphatic heterocycles. The summed E-state index contributed by atoms with van der Waals surface area (Å²) in [6.07, 6.45) is 3.79. The lowest BCUT2D eigenvalue weighted by molar-refractivity contribution is -0.126. The highest BCUT2D eigenvalue weighted by atomic mass is 16.3. The van der Waals surface area contributed by atoms with Crippen molar-refractivity contribution in [3.05, 3.63) is 0 Å². The number of rotatable bonds is 2. The molecule has 0 aromatic rings. The Labute approximate surface area is 84.9 Å². The molecule has 2 N–H and O–H groups in total. The summed E-state index contributed by atoms with van der Waals surface area (Å²) in [5.74, 6) is 1.00. The van der Waals surface area contributed by atoms with E-state index in [2.05, 4.69) is 12.2 Å². The van der Waals surface area contributed by atoms with Crippen molar-refractivity contribution in [3.63, 3.8) is 0 Å². The van der Waals surface area contributed by atoms with Crippen molar-refractivity contribution in [2.75, 3.05) is 6.54 Å². The first-order valence-electron chi connectivity index (χ1n) is 5.64. The molecule has 0 radical (unpaired) electrons. The lowest BCUT2D eigenvalue weighted by Crippen LogP contribution is -2.33. The number of aliphatic hydroxyl groups excluding tert-OH is 1. The van der Waals surface area contributed by atoms with Gasteiger partial charge in [-0.2, -0.15) is 0 Å². The van der Waals surface area contributed by atoms with Gasteiger partial charge in [0.25, 0.3) is 0 Å². The largest absolute Gasteiger partial charge is 0.392 e. The molecule has 2 aliphatic rings. The van der Waals surface area contributed by atoms with Crippen molar-refractivity contribution in [2.24, 2.45) is 17.8 Å². The van der Waals surface area contributed by atoms with Crippen LogP contribution in [0.3, 0.4) is 0 Å². The third-order valence-electron chi connectivity index (χ3n) is 3.72. The molecule has 3 heteroatoms. The minimum atomic E-state index is -0.401. The quantitative estimate of drug-likeness (QED) is 0.691. The summed E-state index contributed by atoms with van der Waals surface area (Å²) in [7, 11) is 0. The van der Waals surface area contributed by atoms with Gasteiger partial charge in [-0.05, 0) is 31.1 Å². The maximum atomic E-state index is 11.4. The molecule has 14 heavy (non-hydrogen) atoms. The lowest BCUT2D eigenvalue weighted by Gasteiger charge is -2.22. The van der Waals surface area contributed by atoms with Gasteiger partial charge in [-0.1, -0.05) is 13.3 Å². The van der Waals surface area contributed by atoms with Gasteiger partial charge in [0.2, 0.25) is 5.91 Å². The molecule has 0 spiro atoms. The fraction of sp³-hybridized carbons (Fsp3) is 0.909. The van der Waals surface area contributed by atoms with Crippen LogP contribution in [-0.2, 0) is 4.79 Å². The van der Waals surface area contributed by atoms with Crippen molar-refractivity contribution in [1.29, 1.82) is 0 Å². The highest BCUT2D eigenvalue weighted by Gasteiger charge is 2.38. The van der Waals surface area contributed by atoms with Gasteiger partial charge < -0.3 is 10.4 Å². The van der Waals surface area contributed by atoms with E-state index in [-0.39, 0.29) is 11.8 Å². The fourth-order valence-corrected chi connectivity index (χ4v) is 2.83. The van der Waals surface area contributed by atoms with Crippen molar-refractivity contribution in [1.82, 2.24) is 5.32 Å². The predicted octanol–water partition coefficient (Wildman–Crippen LogP) is 0.920. The van der Waals surface area contributed by atoms with Gasteiger partial charge in [0, 0.05) is 6.54 Å². The van der Waals surface area contributed by atoms with E-state index >= 15 is 0 Å². The minimum Gasteiger partial charge on any atom is -0.392 e. The molecule has 1 saturated heterocycles. The molecule has 2 fully saturated rings. The zero-order valence-corrected chi connectivity index (χ0v) is 8.70. The molecule has 0 aromatic carbocycles. The topological polar surface area (TPSA) is 49.3 Å². The second-order valence-electron chi connectivity index (χ2n) is 4.86. The average molecular weight is 197 g/mol. The molecule has 1 heterocycles. The molecule has 1 aliphatic carbocycles. The van der Waals surface area contributed by atoms with Crippen molar-refractivity contribution < 1.29 is 9.90 Å². The zero-order chi connectivity index (χ0) is 10.1. The Morgan fingerprint density at radius 2 is 2.21 bits per heavy atom. The Kier molecular flexibility index (Phi) is 2.77. The number of carbonyl (C=O) groups is 1. The highest BCUT2D eigenvalue weighted by Crippen LogP contribution is 2.36. The molecule has 0 aromatic heterocycles. The van der Waals surface area contributed by atoms with Crippen molar-refractivity contribution in [3.8, 4) is 0 Å². The van der Waals surface area contributed by atoms with E-state index in [1.54, 1.807) is 0 Å². The number of aliphatic hydroxyl groups is 1. The third kappa shape index (κ3) is 1.78. The minimum absolute atomic E-state index is 0.0528. The van der Waals surface area contributed by atoms with Crippen LogP contribution in [0.4, 0.5) is 0 Å². The van der Waals surface area contributed by atoms with E-state index in [9.17, 15) is 9.90 Å². The van der Waals surface area contributed by atoms with Crippen LogP contribution in [0.1, 0.15) is 32.6 Å². The smallest absolute Gasteiger partial charge is 0.225 e. The number of carbonyl (C=O) groups excluding carboxylic acids is 1. The Hall–Kier alpha value is -0.570. The molecule has 1 saturated carbocycles. The summed E-state index contributed by atoms with van der Waals surface area (Å²) in [4.78, 5) is 11.4. The maximum Gasteiger partial charge on any atom is 0.225 e. The molecule has 0 bridgehead atoms. The fourth-order valence-electron chi connectivity index (χ4n) is 2.83. The monoisotopic (exact) mass is 197 g/mol. The molecular weight excluding hydrogens is 178 g/mol. The summed E-state index contributed by atoms with van der Waals surface area (Å²) < 4.78 is 0. The normalized spacial score (nSPS) is 39.9. The molecule has 3 nitrogen and oxygen atoms in total. The molecule has 4 atom stereocenters. The van der Waals surface area contributed by atoms with E-state index in [1.807, 2.05) is 0 Å². The summed E-state index contributed by atoms with van der Waals surface area (Å²) in [6.45, 7) is 2.96. The van der Waals surface area contributed by atoms with Gasteiger partial charge >= 0.3 is 0 Å². The molecule has 2 rings (SSSR count). The van der Waals surface area contributed by atoms with Gasteiger partial charge in [0.05, 0.1) is 12.0 Å². The van der Waals surface area contributed by atoms with Crippen molar-refractivity contribution in [2.45, 2.75) is 38.7 Å².